The number of hydrogen-bond acceptors (Lipinski definition) is 7. The molecule has 0 unspecified atom stereocenters. The monoisotopic (exact) mass is 378 g/mol. The maximum absolute atomic E-state index is 16.6. The number of hydrogen-bond donors (Lipinski definition) is 1. The zero-order valence-electron chi connectivity index (χ0n) is 15.7. The van der Waals surface area contributed by atoms with Gasteiger partial charge in [-0.25, -0.2) is 9.18 Å². The number of nitrogens with two attached hydrogens (primary N) is 1. The number of carbonyl (C=O) groups is 1. The van der Waals surface area contributed by atoms with Crippen molar-refractivity contribution < 1.29 is 28.1 Å². The summed E-state index contributed by atoms with van der Waals surface area (Å²) in [5.41, 5.74) is 3.03. The SMILES string of the molecule is CCOC(=O)[C@@]1(F)[C@H](c2ccccc2OC)C(C#N)=C(N)O[C@@]1(C)OCC. The molecule has 0 aromatic heterocycles. The lowest BCUT2D eigenvalue weighted by Crippen LogP contribution is -2.64. The fourth-order valence-corrected chi connectivity index (χ4v) is 3.29. The van der Waals surface area contributed by atoms with Crippen molar-refractivity contribution >= 4 is 5.97 Å². The summed E-state index contributed by atoms with van der Waals surface area (Å²) in [6.45, 7) is 4.41. The van der Waals surface area contributed by atoms with Crippen molar-refractivity contribution in [1.82, 2.24) is 0 Å². The first-order chi connectivity index (χ1) is 12.8. The Balaban J connectivity index is 2.85. The van der Waals surface area contributed by atoms with Crippen LogP contribution in [-0.2, 0) is 19.0 Å². The number of carbonyl (C=O) groups excluding carboxylic acids is 1. The average Bonchev–Trinajstić information content (AvgIpc) is 2.64. The maximum atomic E-state index is 16.6. The summed E-state index contributed by atoms with van der Waals surface area (Å²) in [6, 6.07) is 8.34. The van der Waals surface area contributed by atoms with Gasteiger partial charge in [0.05, 0.1) is 19.6 Å². The minimum absolute atomic E-state index is 0.0371. The summed E-state index contributed by atoms with van der Waals surface area (Å²) >= 11 is 0. The van der Waals surface area contributed by atoms with Crippen molar-refractivity contribution in [2.45, 2.75) is 38.1 Å². The van der Waals surface area contributed by atoms with E-state index in [9.17, 15) is 10.1 Å². The minimum Gasteiger partial charge on any atom is -0.496 e. The Labute approximate surface area is 157 Å². The number of benzene rings is 1. The van der Waals surface area contributed by atoms with Gasteiger partial charge in [-0.3, -0.25) is 0 Å². The molecule has 8 heteroatoms. The molecule has 146 valence electrons. The van der Waals surface area contributed by atoms with Crippen molar-refractivity contribution in [3.05, 3.63) is 41.3 Å². The van der Waals surface area contributed by atoms with Crippen molar-refractivity contribution in [1.29, 1.82) is 5.26 Å². The molecule has 1 aliphatic heterocycles. The highest BCUT2D eigenvalue weighted by Crippen LogP contribution is 2.53. The predicted molar refractivity (Wildman–Crippen MR) is 94.1 cm³/mol. The van der Waals surface area contributed by atoms with Crippen LogP contribution in [0, 0.1) is 11.3 Å². The molecule has 0 radical (unpaired) electrons. The molecule has 0 amide bonds. The lowest BCUT2D eigenvalue weighted by atomic mass is 9.72. The smallest absolute Gasteiger partial charge is 0.351 e. The highest BCUT2D eigenvalue weighted by Gasteiger charge is 2.69. The first-order valence-corrected chi connectivity index (χ1v) is 8.52. The van der Waals surface area contributed by atoms with Crippen LogP contribution < -0.4 is 10.5 Å². The number of nitrogens with zero attached hydrogens (tertiary/aromatic N) is 1. The third kappa shape index (κ3) is 3.19. The molecule has 1 aliphatic rings. The van der Waals surface area contributed by atoms with Gasteiger partial charge >= 0.3 is 5.97 Å². The Hall–Kier alpha value is -2.79. The second-order valence-corrected chi connectivity index (χ2v) is 5.98. The Morgan fingerprint density at radius 2 is 2.04 bits per heavy atom. The van der Waals surface area contributed by atoms with Gasteiger partial charge < -0.3 is 24.7 Å². The predicted octanol–water partition coefficient (Wildman–Crippen LogP) is 2.53. The molecular formula is C19H23FN2O5. The number of esters is 1. The molecule has 2 rings (SSSR count). The van der Waals surface area contributed by atoms with Crippen LogP contribution in [-0.4, -0.2) is 37.7 Å². The molecule has 1 heterocycles. The second kappa shape index (κ2) is 7.84. The van der Waals surface area contributed by atoms with E-state index >= 15 is 4.39 Å². The van der Waals surface area contributed by atoms with Gasteiger partial charge in [0.2, 0.25) is 5.88 Å². The van der Waals surface area contributed by atoms with E-state index in [-0.39, 0.29) is 36.0 Å². The van der Waals surface area contributed by atoms with Crippen LogP contribution >= 0.6 is 0 Å². The Bertz CT molecular complexity index is 791. The van der Waals surface area contributed by atoms with Crippen molar-refractivity contribution in [3.8, 4) is 11.8 Å². The summed E-state index contributed by atoms with van der Waals surface area (Å²) in [4.78, 5) is 12.8. The fraction of sp³-hybridized carbons (Fsp3) is 0.474. The lowest BCUT2D eigenvalue weighted by Gasteiger charge is -2.47. The van der Waals surface area contributed by atoms with Crippen LogP contribution in [0.4, 0.5) is 4.39 Å². The molecule has 0 saturated heterocycles. The van der Waals surface area contributed by atoms with Crippen molar-refractivity contribution in [2.24, 2.45) is 5.73 Å². The van der Waals surface area contributed by atoms with Crippen LogP contribution in [0.2, 0.25) is 0 Å². The Morgan fingerprint density at radius 1 is 1.37 bits per heavy atom. The largest absolute Gasteiger partial charge is 0.496 e. The molecular weight excluding hydrogens is 355 g/mol. The Morgan fingerprint density at radius 3 is 2.59 bits per heavy atom. The molecule has 0 aliphatic carbocycles. The van der Waals surface area contributed by atoms with E-state index in [1.807, 2.05) is 6.07 Å². The van der Waals surface area contributed by atoms with Gasteiger partial charge in [-0.15, -0.1) is 0 Å². The van der Waals surface area contributed by atoms with Crippen molar-refractivity contribution in [2.75, 3.05) is 20.3 Å². The molecule has 0 bridgehead atoms. The van der Waals surface area contributed by atoms with Gasteiger partial charge in [-0.2, -0.15) is 5.26 Å². The molecule has 3 atom stereocenters. The van der Waals surface area contributed by atoms with E-state index in [1.54, 1.807) is 38.1 Å². The van der Waals surface area contributed by atoms with Gasteiger partial charge in [-0.05, 0) is 19.9 Å². The van der Waals surface area contributed by atoms with E-state index in [2.05, 4.69) is 0 Å². The van der Waals surface area contributed by atoms with E-state index in [4.69, 9.17) is 24.7 Å². The average molecular weight is 378 g/mol. The lowest BCUT2D eigenvalue weighted by molar-refractivity contribution is -0.285. The number of methoxy groups -OCH3 is 1. The zero-order chi connectivity index (χ0) is 20.2. The summed E-state index contributed by atoms with van der Waals surface area (Å²) in [5.74, 6) is -4.79. The first-order valence-electron chi connectivity index (χ1n) is 8.52. The molecule has 0 fully saturated rings. The van der Waals surface area contributed by atoms with Gasteiger partial charge in [-0.1, -0.05) is 18.2 Å². The first kappa shape index (κ1) is 20.5. The topological polar surface area (TPSA) is 104 Å². The number of allylic oxidation sites excluding steroid dienone is 1. The van der Waals surface area contributed by atoms with Gasteiger partial charge in [0, 0.05) is 19.1 Å². The van der Waals surface area contributed by atoms with Crippen LogP contribution in [0.25, 0.3) is 0 Å². The van der Waals surface area contributed by atoms with E-state index < -0.39 is 23.3 Å². The molecule has 1 aromatic rings. The number of nitriles is 1. The van der Waals surface area contributed by atoms with Crippen molar-refractivity contribution in [3.63, 3.8) is 0 Å². The van der Waals surface area contributed by atoms with Gasteiger partial charge in [0.1, 0.15) is 17.4 Å². The third-order valence-corrected chi connectivity index (χ3v) is 4.48. The molecule has 7 nitrogen and oxygen atoms in total. The van der Waals surface area contributed by atoms with Crippen LogP contribution in [0.1, 0.15) is 32.3 Å². The maximum Gasteiger partial charge on any atom is 0.351 e. The fourth-order valence-electron chi connectivity index (χ4n) is 3.29. The number of halogens is 1. The quantitative estimate of drug-likeness (QED) is 0.759. The Kier molecular flexibility index (Phi) is 5.96. The zero-order valence-corrected chi connectivity index (χ0v) is 15.7. The number of alkyl halides is 1. The molecule has 2 N–H and O–H groups in total. The van der Waals surface area contributed by atoms with Crippen LogP contribution in [0.5, 0.6) is 5.75 Å². The van der Waals surface area contributed by atoms with Crippen LogP contribution in [0.15, 0.2) is 35.7 Å². The van der Waals surface area contributed by atoms with Crippen LogP contribution in [0.3, 0.4) is 0 Å². The van der Waals surface area contributed by atoms with Gasteiger partial charge in [0.15, 0.2) is 0 Å². The number of ether oxygens (including phenoxy) is 4. The summed E-state index contributed by atoms with van der Waals surface area (Å²) in [6.07, 6.45) is 0. The highest BCUT2D eigenvalue weighted by molar-refractivity contribution is 5.84. The molecule has 27 heavy (non-hydrogen) atoms. The summed E-state index contributed by atoms with van der Waals surface area (Å²) < 4.78 is 37.9. The van der Waals surface area contributed by atoms with E-state index in [0.717, 1.165) is 0 Å². The van der Waals surface area contributed by atoms with Gasteiger partial charge in [0.25, 0.3) is 11.5 Å². The minimum atomic E-state index is -2.89. The summed E-state index contributed by atoms with van der Waals surface area (Å²) in [7, 11) is 1.41. The van der Waals surface area contributed by atoms with E-state index in [1.165, 1.54) is 14.0 Å². The number of para-hydroxylation sites is 1. The molecule has 0 saturated carbocycles. The normalized spacial score (nSPS) is 27.5. The number of rotatable bonds is 6. The molecule has 1 aromatic carbocycles. The third-order valence-electron chi connectivity index (χ3n) is 4.48. The molecule has 0 spiro atoms. The highest BCUT2D eigenvalue weighted by atomic mass is 19.1. The standard InChI is InChI=1S/C19H23FN2O5/c1-5-25-17(23)19(20)15(12-9-7-8-10-14(12)24-4)13(11-21)16(22)27-18(19,3)26-6-2/h7-10,15H,5-6,22H2,1-4H3/t15-,18-,19+/m1/s1. The second-order valence-electron chi connectivity index (χ2n) is 5.98. The van der Waals surface area contributed by atoms with E-state index in [0.29, 0.717) is 0 Å². The summed E-state index contributed by atoms with van der Waals surface area (Å²) in [5, 5.41) is 9.63.